The predicted molar refractivity (Wildman–Crippen MR) is 124 cm³/mol. The first-order valence-corrected chi connectivity index (χ1v) is 10.9. The molecule has 2 aromatic rings. The summed E-state index contributed by atoms with van der Waals surface area (Å²) < 4.78 is 10.8. The maximum absolute atomic E-state index is 13.1. The molecule has 1 fully saturated rings. The molecule has 0 aromatic heterocycles. The highest BCUT2D eigenvalue weighted by Gasteiger charge is 2.45. The Kier molecular flexibility index (Phi) is 6.92. The van der Waals surface area contributed by atoms with E-state index in [0.29, 0.717) is 24.3 Å². The molecule has 3 rings (SSSR count). The monoisotopic (exact) mass is 437 g/mol. The second-order valence-electron chi connectivity index (χ2n) is 8.33. The van der Waals surface area contributed by atoms with Crippen molar-refractivity contribution in [2.45, 2.75) is 46.1 Å². The Labute approximate surface area is 189 Å². The van der Waals surface area contributed by atoms with Crippen LogP contribution in [0.15, 0.2) is 42.0 Å². The fourth-order valence-corrected chi connectivity index (χ4v) is 4.21. The summed E-state index contributed by atoms with van der Waals surface area (Å²) >= 11 is 0. The fourth-order valence-electron chi connectivity index (χ4n) is 4.21. The van der Waals surface area contributed by atoms with E-state index in [1.54, 1.807) is 26.4 Å². The summed E-state index contributed by atoms with van der Waals surface area (Å²) in [6.07, 6.45) is 0.693. The van der Waals surface area contributed by atoms with Crippen LogP contribution in [0.25, 0.3) is 5.76 Å². The van der Waals surface area contributed by atoms with Gasteiger partial charge in [-0.1, -0.05) is 32.9 Å². The second-order valence-corrected chi connectivity index (χ2v) is 8.33. The molecule has 0 bridgehead atoms. The van der Waals surface area contributed by atoms with Gasteiger partial charge in [0, 0.05) is 12.1 Å². The molecule has 1 unspecified atom stereocenters. The SMILES string of the molecule is CCCN1C(=O)C(=O)/C(=C(/O)c2cc(C(C)C)c(OC)cc2C)C1c1ccc(OC)cc1. The lowest BCUT2D eigenvalue weighted by Crippen LogP contribution is -2.30. The fraction of sp³-hybridized carbons (Fsp3) is 0.385. The van der Waals surface area contributed by atoms with Crippen LogP contribution in [0.2, 0.25) is 0 Å². The number of benzene rings is 2. The molecule has 0 saturated carbocycles. The minimum atomic E-state index is -0.668. The van der Waals surface area contributed by atoms with Crippen molar-refractivity contribution in [3.63, 3.8) is 0 Å². The quantitative estimate of drug-likeness (QED) is 0.376. The normalized spacial score (nSPS) is 17.8. The third-order valence-corrected chi connectivity index (χ3v) is 5.89. The number of carbonyl (C=O) groups excluding carboxylic acids is 2. The summed E-state index contributed by atoms with van der Waals surface area (Å²) in [7, 11) is 3.19. The lowest BCUT2D eigenvalue weighted by atomic mass is 9.91. The van der Waals surface area contributed by atoms with E-state index in [0.717, 1.165) is 22.4 Å². The molecule has 6 nitrogen and oxygen atoms in total. The van der Waals surface area contributed by atoms with E-state index >= 15 is 0 Å². The van der Waals surface area contributed by atoms with Crippen LogP contribution in [0, 0.1) is 6.92 Å². The molecule has 1 amide bonds. The largest absolute Gasteiger partial charge is 0.507 e. The number of hydrogen-bond donors (Lipinski definition) is 1. The molecule has 170 valence electrons. The maximum Gasteiger partial charge on any atom is 0.295 e. The van der Waals surface area contributed by atoms with E-state index in [2.05, 4.69) is 0 Å². The Morgan fingerprint density at radius 3 is 2.28 bits per heavy atom. The number of likely N-dealkylation sites (tertiary alicyclic amines) is 1. The molecule has 2 aromatic carbocycles. The zero-order chi connectivity index (χ0) is 23.6. The van der Waals surface area contributed by atoms with Gasteiger partial charge in [-0.25, -0.2) is 0 Å². The molecule has 1 aliphatic rings. The third kappa shape index (κ3) is 4.09. The van der Waals surface area contributed by atoms with Gasteiger partial charge in [-0.2, -0.15) is 0 Å². The van der Waals surface area contributed by atoms with E-state index in [1.807, 2.05) is 52.0 Å². The van der Waals surface area contributed by atoms with E-state index in [4.69, 9.17) is 9.47 Å². The molecule has 0 spiro atoms. The van der Waals surface area contributed by atoms with Gasteiger partial charge < -0.3 is 19.5 Å². The Morgan fingerprint density at radius 2 is 1.75 bits per heavy atom. The third-order valence-electron chi connectivity index (χ3n) is 5.89. The minimum Gasteiger partial charge on any atom is -0.507 e. The number of ketones is 1. The van der Waals surface area contributed by atoms with Crippen LogP contribution in [0.4, 0.5) is 0 Å². The van der Waals surface area contributed by atoms with Crippen LogP contribution in [0.1, 0.15) is 61.4 Å². The van der Waals surface area contributed by atoms with Gasteiger partial charge in [0.2, 0.25) is 0 Å². The lowest BCUT2D eigenvalue weighted by Gasteiger charge is -2.25. The number of carbonyl (C=O) groups is 2. The van der Waals surface area contributed by atoms with Crippen LogP contribution in [-0.2, 0) is 9.59 Å². The molecule has 6 heteroatoms. The number of aliphatic hydroxyl groups excluding tert-OH is 1. The van der Waals surface area contributed by atoms with Crippen molar-refractivity contribution in [3.8, 4) is 11.5 Å². The van der Waals surface area contributed by atoms with E-state index < -0.39 is 17.7 Å². The molecule has 1 aliphatic heterocycles. The van der Waals surface area contributed by atoms with Crippen molar-refractivity contribution in [2.24, 2.45) is 0 Å². The van der Waals surface area contributed by atoms with Crippen molar-refractivity contribution < 1.29 is 24.2 Å². The van der Waals surface area contributed by atoms with Gasteiger partial charge in [0.25, 0.3) is 11.7 Å². The van der Waals surface area contributed by atoms with Crippen LogP contribution < -0.4 is 9.47 Å². The van der Waals surface area contributed by atoms with E-state index in [-0.39, 0.29) is 17.3 Å². The van der Waals surface area contributed by atoms with Crippen LogP contribution in [-0.4, -0.2) is 42.5 Å². The average Bonchev–Trinajstić information content (AvgIpc) is 3.03. The van der Waals surface area contributed by atoms with Crippen molar-refractivity contribution >= 4 is 17.4 Å². The van der Waals surface area contributed by atoms with Gasteiger partial charge in [0.05, 0.1) is 25.8 Å². The van der Waals surface area contributed by atoms with E-state index in [1.165, 1.54) is 4.90 Å². The van der Waals surface area contributed by atoms with Gasteiger partial charge in [-0.3, -0.25) is 9.59 Å². The van der Waals surface area contributed by atoms with Gasteiger partial charge in [-0.15, -0.1) is 0 Å². The zero-order valence-corrected chi connectivity index (χ0v) is 19.6. The standard InChI is InChI=1S/C26H31NO5/c1-7-12-27-23(17-8-10-18(31-5)11-9-17)22(25(29)26(27)30)24(28)20-14-19(15(2)3)21(32-6)13-16(20)4/h8-11,13-15,23,28H,7,12H2,1-6H3/b24-22+. The van der Waals surface area contributed by atoms with Gasteiger partial charge in [-0.05, 0) is 60.2 Å². The zero-order valence-electron chi connectivity index (χ0n) is 19.6. The Balaban J connectivity index is 2.24. The first kappa shape index (κ1) is 23.4. The molecular formula is C26H31NO5. The lowest BCUT2D eigenvalue weighted by molar-refractivity contribution is -0.139. The molecule has 1 N–H and O–H groups in total. The Morgan fingerprint density at radius 1 is 1.09 bits per heavy atom. The first-order chi connectivity index (χ1) is 15.2. The number of aliphatic hydroxyl groups is 1. The topological polar surface area (TPSA) is 76.1 Å². The van der Waals surface area contributed by atoms with Gasteiger partial charge in [0.15, 0.2) is 0 Å². The van der Waals surface area contributed by atoms with Crippen LogP contribution in [0.3, 0.4) is 0 Å². The summed E-state index contributed by atoms with van der Waals surface area (Å²) in [6, 6.07) is 10.3. The Bertz CT molecular complexity index is 1050. The average molecular weight is 438 g/mol. The number of hydrogen-bond acceptors (Lipinski definition) is 5. The molecular weight excluding hydrogens is 406 g/mol. The summed E-state index contributed by atoms with van der Waals surface area (Å²) in [5.74, 6) is 0.130. The minimum absolute atomic E-state index is 0.108. The molecule has 0 radical (unpaired) electrons. The highest BCUT2D eigenvalue weighted by atomic mass is 16.5. The first-order valence-electron chi connectivity index (χ1n) is 10.9. The maximum atomic E-state index is 13.1. The number of amides is 1. The van der Waals surface area contributed by atoms with Crippen molar-refractivity contribution in [3.05, 3.63) is 64.2 Å². The number of methoxy groups -OCH3 is 2. The number of aryl methyl sites for hydroxylation is 1. The summed E-state index contributed by atoms with van der Waals surface area (Å²) in [5.41, 5.74) is 3.07. The molecule has 1 saturated heterocycles. The van der Waals surface area contributed by atoms with E-state index in [9.17, 15) is 14.7 Å². The van der Waals surface area contributed by atoms with Crippen LogP contribution >= 0.6 is 0 Å². The highest BCUT2D eigenvalue weighted by molar-refractivity contribution is 6.46. The smallest absolute Gasteiger partial charge is 0.295 e. The van der Waals surface area contributed by atoms with Gasteiger partial charge in [0.1, 0.15) is 17.3 Å². The number of nitrogens with zero attached hydrogens (tertiary/aromatic N) is 1. The van der Waals surface area contributed by atoms with Crippen molar-refractivity contribution in [1.29, 1.82) is 0 Å². The number of ether oxygens (including phenoxy) is 2. The molecule has 1 atom stereocenters. The summed E-state index contributed by atoms with van der Waals surface area (Å²) in [4.78, 5) is 27.5. The Hall–Kier alpha value is -3.28. The van der Waals surface area contributed by atoms with Crippen molar-refractivity contribution in [1.82, 2.24) is 4.90 Å². The second kappa shape index (κ2) is 9.47. The number of Topliss-reactive ketones (excluding diaryl/α,β-unsaturated/α-hetero) is 1. The molecule has 32 heavy (non-hydrogen) atoms. The predicted octanol–water partition coefficient (Wildman–Crippen LogP) is 4.97. The van der Waals surface area contributed by atoms with Crippen molar-refractivity contribution in [2.75, 3.05) is 20.8 Å². The van der Waals surface area contributed by atoms with Gasteiger partial charge >= 0.3 is 0 Å². The molecule has 1 heterocycles. The summed E-state index contributed by atoms with van der Waals surface area (Å²) in [5, 5.41) is 11.4. The van der Waals surface area contributed by atoms with Crippen LogP contribution in [0.5, 0.6) is 11.5 Å². The highest BCUT2D eigenvalue weighted by Crippen LogP contribution is 2.41. The number of rotatable bonds is 7. The summed E-state index contributed by atoms with van der Waals surface area (Å²) in [6.45, 7) is 8.29. The molecule has 0 aliphatic carbocycles.